The summed E-state index contributed by atoms with van der Waals surface area (Å²) in [6, 6.07) is 132. The molecular formula is C122H88F8N4Si2. The largest absolute Gasteiger partial charge is 0.307 e. The van der Waals surface area contributed by atoms with Crippen molar-refractivity contribution in [3.63, 3.8) is 0 Å². The molecule has 0 saturated carbocycles. The monoisotopic (exact) mass is 1820 g/mol. The van der Waals surface area contributed by atoms with Gasteiger partial charge in [-0.3, -0.25) is 0 Å². The lowest BCUT2D eigenvalue weighted by atomic mass is 9.91. The van der Waals surface area contributed by atoms with Gasteiger partial charge in [0.15, 0.2) is 0 Å². The first-order valence-electron chi connectivity index (χ1n) is 45.4. The molecular weight excluding hydrogens is 1730 g/mol. The molecule has 0 unspecified atom stereocenters. The summed E-state index contributed by atoms with van der Waals surface area (Å²) >= 11 is 0. The number of hydrogen-bond donors (Lipinski definition) is 0. The van der Waals surface area contributed by atoms with Crippen LogP contribution in [-0.4, -0.2) is 16.1 Å². The van der Waals surface area contributed by atoms with E-state index in [1.54, 1.807) is 24.3 Å². The van der Waals surface area contributed by atoms with Crippen LogP contribution in [0.5, 0.6) is 0 Å². The Balaban J connectivity index is 0.000000163. The van der Waals surface area contributed by atoms with Crippen molar-refractivity contribution in [1.29, 1.82) is 0 Å². The van der Waals surface area contributed by atoms with E-state index in [0.717, 1.165) is 133 Å². The fraction of sp³-hybridized carbons (Fsp3) is 0.0492. The smallest absolute Gasteiger partial charge is 0.150 e. The van der Waals surface area contributed by atoms with Gasteiger partial charge in [-0.05, 0) is 185 Å². The third-order valence-corrected chi connectivity index (χ3v) is 30.1. The highest BCUT2D eigenvalue weighted by Crippen LogP contribution is 2.54. The fourth-order valence-corrected chi connectivity index (χ4v) is 22.9. The van der Waals surface area contributed by atoms with Crippen molar-refractivity contribution >= 4 is 159 Å². The van der Waals surface area contributed by atoms with Gasteiger partial charge in [0.25, 0.3) is 0 Å². The molecule has 0 aliphatic carbocycles. The number of rotatable bonds is 20. The Bertz CT molecular complexity index is 7790. The van der Waals surface area contributed by atoms with Crippen LogP contribution in [0.4, 0.5) is 103 Å². The van der Waals surface area contributed by atoms with Crippen molar-refractivity contribution in [1.82, 2.24) is 0 Å². The van der Waals surface area contributed by atoms with Crippen LogP contribution < -0.4 is 30.0 Å². The maximum atomic E-state index is 16.7. The van der Waals surface area contributed by atoms with Crippen LogP contribution in [0.2, 0.25) is 39.3 Å². The summed E-state index contributed by atoms with van der Waals surface area (Å²) in [6.07, 6.45) is 0. The summed E-state index contributed by atoms with van der Waals surface area (Å²) in [4.78, 5) is 7.46. The van der Waals surface area contributed by atoms with E-state index in [1.807, 2.05) is 359 Å². The van der Waals surface area contributed by atoms with E-state index in [2.05, 4.69) is 75.7 Å². The lowest BCUT2D eigenvalue weighted by Gasteiger charge is -2.30. The maximum Gasteiger partial charge on any atom is 0.150 e. The van der Waals surface area contributed by atoms with Crippen molar-refractivity contribution in [2.24, 2.45) is 0 Å². The van der Waals surface area contributed by atoms with Gasteiger partial charge in [0.1, 0.15) is 46.5 Å². The number of nitrogens with zero attached hydrogens (tertiary/aromatic N) is 4. The summed E-state index contributed by atoms with van der Waals surface area (Å²) in [5.41, 5.74) is 14.4. The Morgan fingerprint density at radius 3 is 0.625 bits per heavy atom. The third-order valence-electron chi connectivity index (χ3n) is 26.0. The Morgan fingerprint density at radius 1 is 0.162 bits per heavy atom. The van der Waals surface area contributed by atoms with Gasteiger partial charge in [0.2, 0.25) is 0 Å². The van der Waals surface area contributed by atoms with Gasteiger partial charge >= 0.3 is 0 Å². The molecule has 0 bridgehead atoms. The lowest BCUT2D eigenvalue weighted by Crippen LogP contribution is -2.39. The van der Waals surface area contributed by atoms with Crippen LogP contribution in [0.25, 0.3) is 131 Å². The Kier molecular flexibility index (Phi) is 22.6. The molecule has 0 amide bonds. The van der Waals surface area contributed by atoms with Crippen LogP contribution in [-0.2, 0) is 0 Å². The van der Waals surface area contributed by atoms with Gasteiger partial charge in [-0.15, -0.1) is 0 Å². The zero-order valence-electron chi connectivity index (χ0n) is 75.2. The van der Waals surface area contributed by atoms with Gasteiger partial charge < -0.3 is 19.6 Å². The molecule has 0 heterocycles. The van der Waals surface area contributed by atoms with Crippen LogP contribution in [0.1, 0.15) is 0 Å². The Labute approximate surface area is 786 Å². The molecule has 136 heavy (non-hydrogen) atoms. The van der Waals surface area contributed by atoms with E-state index in [9.17, 15) is 0 Å². The van der Waals surface area contributed by atoms with E-state index in [-0.39, 0.29) is 33.9 Å². The molecule has 0 spiro atoms. The van der Waals surface area contributed by atoms with Crippen molar-refractivity contribution < 1.29 is 35.1 Å². The predicted molar refractivity (Wildman–Crippen MR) is 557 cm³/mol. The molecule has 660 valence electrons. The van der Waals surface area contributed by atoms with Crippen LogP contribution in [0, 0.1) is 46.5 Å². The zero-order chi connectivity index (χ0) is 93.4. The van der Waals surface area contributed by atoms with Gasteiger partial charge in [-0.25, -0.2) is 35.1 Å². The quantitative estimate of drug-likeness (QED) is 0.0428. The predicted octanol–water partition coefficient (Wildman–Crippen LogP) is 35.3. The first kappa shape index (κ1) is 86.7. The lowest BCUT2D eigenvalue weighted by molar-refractivity contribution is 0.586. The second-order valence-electron chi connectivity index (χ2n) is 36.5. The van der Waals surface area contributed by atoms with Crippen molar-refractivity contribution in [2.75, 3.05) is 19.6 Å². The number of hydrogen-bond acceptors (Lipinski definition) is 4. The summed E-state index contributed by atoms with van der Waals surface area (Å²) in [6.45, 7) is 13.3. The molecule has 4 nitrogen and oxygen atoms in total. The molecule has 14 heteroatoms. The van der Waals surface area contributed by atoms with Crippen LogP contribution >= 0.6 is 0 Å². The van der Waals surface area contributed by atoms with Crippen LogP contribution in [0.15, 0.2) is 425 Å². The molecule has 0 fully saturated rings. The van der Waals surface area contributed by atoms with Crippen molar-refractivity contribution in [3.8, 4) is 66.8 Å². The van der Waals surface area contributed by atoms with Gasteiger partial charge in [0, 0.05) is 90.8 Å². The SMILES string of the molecule is C[Si](C)(C)c1ccccc1-c1cc(N(c2ccccc2)c2ccc3ccc4c(N(c5ccccc5)c5cc(-c6ccccc6[Si](C)(C)C)c(F)cc5F)ccc5ccc2c3c54)c(F)cc1F.Fc1cc(F)c(N(c2ccccc2)c2ccc3ccc4c(N(c5ccccc5)c5cc(-c6ccc(-c7ccccc7)cc6)c(F)cc5F)ccc5ccc2c3c54)cc1-c1ccc(-c2ccccc2)cc1. The second-order valence-corrected chi connectivity index (χ2v) is 46.6. The minimum absolute atomic E-state index is 0.179. The van der Waals surface area contributed by atoms with Gasteiger partial charge in [-0.1, -0.05) is 353 Å². The highest BCUT2D eigenvalue weighted by atomic mass is 28.3. The average molecular weight is 1820 g/mol. The second kappa shape index (κ2) is 35.5. The Morgan fingerprint density at radius 2 is 0.368 bits per heavy atom. The minimum Gasteiger partial charge on any atom is -0.307 e. The van der Waals surface area contributed by atoms with E-state index >= 15 is 35.1 Å². The van der Waals surface area contributed by atoms with Crippen molar-refractivity contribution in [2.45, 2.75) is 39.3 Å². The summed E-state index contributed by atoms with van der Waals surface area (Å²) in [5.74, 6) is -5.39. The fourth-order valence-electron chi connectivity index (χ4n) is 19.6. The zero-order valence-corrected chi connectivity index (χ0v) is 77.2. The summed E-state index contributed by atoms with van der Waals surface area (Å²) in [7, 11) is -3.89. The summed E-state index contributed by atoms with van der Waals surface area (Å²) in [5, 5.41) is 13.1. The molecule has 0 saturated heterocycles. The highest BCUT2D eigenvalue weighted by molar-refractivity contribution is 6.90. The molecule has 22 rings (SSSR count). The van der Waals surface area contributed by atoms with Crippen LogP contribution in [0.3, 0.4) is 0 Å². The molecule has 0 radical (unpaired) electrons. The molecule has 0 aliphatic heterocycles. The number of para-hydroxylation sites is 4. The van der Waals surface area contributed by atoms with E-state index in [1.165, 1.54) is 0 Å². The maximum absolute atomic E-state index is 16.7. The molecule has 0 atom stereocenters. The minimum atomic E-state index is -1.95. The van der Waals surface area contributed by atoms with E-state index in [4.69, 9.17) is 0 Å². The standard InChI is InChI=1S/C64H40F4N2.C58H48F4N2Si2/c65-55-39-57(67)61(37-53(55)45-25-21-43(22-26-45)41-13-5-1-6-14-41)69(49-17-9-3-10-18-49)59-35-31-47-30-34-52-60(36-32-48-29-33-51(59)63(47)64(48)52)70(50-19-11-4-12-20-50)62-38-54(56(66)40-58(62)68)46-27-23-44(24-28-46)42-15-7-2-8-16-42;1-65(2,3)55-23-15-13-21-41(55)45-33-53(49(61)35-47(45)59)63(39-17-9-7-10-18-39)51-31-27-37-26-30-44-52(32-28-38-25-29-43(51)57(37)58(38)44)64(40-19-11-8-12-20-40)54-34-46(48(60)36-50(54)62)42-22-14-16-24-56(42)66(4,5)6/h1-40H;7-36H,1-6H3. The van der Waals surface area contributed by atoms with E-state index in [0.29, 0.717) is 67.8 Å². The molecule has 0 N–H and O–H groups in total. The third kappa shape index (κ3) is 16.0. The number of anilines is 12. The summed E-state index contributed by atoms with van der Waals surface area (Å²) < 4.78 is 131. The number of halogens is 8. The average Bonchev–Trinajstić information content (AvgIpc) is 0.718. The first-order valence-corrected chi connectivity index (χ1v) is 52.4. The molecule has 0 aliphatic rings. The van der Waals surface area contributed by atoms with E-state index < -0.39 is 62.7 Å². The molecule has 0 aromatic heterocycles. The van der Waals surface area contributed by atoms with Gasteiger partial charge in [-0.2, -0.15) is 0 Å². The normalized spacial score (nSPS) is 11.8. The highest BCUT2D eigenvalue weighted by Gasteiger charge is 2.33. The first-order chi connectivity index (χ1) is 66.1. The molecule has 22 aromatic carbocycles. The van der Waals surface area contributed by atoms with Crippen molar-refractivity contribution in [3.05, 3.63) is 471 Å². The topological polar surface area (TPSA) is 13.0 Å². The Hall–Kier alpha value is -16.0. The van der Waals surface area contributed by atoms with Gasteiger partial charge in [0.05, 0.1) is 61.6 Å². The number of benzene rings is 22. The molecule has 22 aromatic rings.